The number of amides is 2. The van der Waals surface area contributed by atoms with Crippen molar-refractivity contribution in [1.29, 1.82) is 0 Å². The maximum atomic E-state index is 13.1. The highest BCUT2D eigenvalue weighted by Gasteiger charge is 2.28. The number of hydrogen-bond acceptors (Lipinski definition) is 5. The number of piperazine rings is 1. The van der Waals surface area contributed by atoms with Gasteiger partial charge in [-0.15, -0.1) is 0 Å². The number of nitrogens with zero attached hydrogens (tertiary/aromatic N) is 3. The lowest BCUT2D eigenvalue weighted by Crippen LogP contribution is -2.51. The predicted octanol–water partition coefficient (Wildman–Crippen LogP) is 4.70. The fourth-order valence-corrected chi connectivity index (χ4v) is 5.19. The number of hydrogen-bond donors (Lipinski definition) is 2. The first-order chi connectivity index (χ1) is 18.5. The Labute approximate surface area is 224 Å². The normalized spacial score (nSPS) is 14.8. The summed E-state index contributed by atoms with van der Waals surface area (Å²) in [5.74, 6) is 1.52. The monoisotopic (exact) mass is 526 g/mol. The van der Waals surface area contributed by atoms with Crippen LogP contribution in [0.25, 0.3) is 10.9 Å². The number of rotatable bonds is 4. The highest BCUT2D eigenvalue weighted by molar-refractivity contribution is 6.31. The van der Waals surface area contributed by atoms with Crippen molar-refractivity contribution in [1.82, 2.24) is 14.8 Å². The second-order valence-electron chi connectivity index (χ2n) is 9.25. The van der Waals surface area contributed by atoms with Gasteiger partial charge in [0, 0.05) is 42.1 Å². The summed E-state index contributed by atoms with van der Waals surface area (Å²) in [6.45, 7) is 2.27. The molecule has 0 unspecified atom stereocenters. The summed E-state index contributed by atoms with van der Waals surface area (Å²) in [4.78, 5) is 37.1. The van der Waals surface area contributed by atoms with Gasteiger partial charge in [-0.25, -0.2) is 4.99 Å². The van der Waals surface area contributed by atoms with Crippen molar-refractivity contribution in [2.75, 3.05) is 26.2 Å². The molecular weight excluding hydrogens is 502 g/mol. The Bertz CT molecular complexity index is 1590. The molecular formula is C29H25ClN5O3. The lowest BCUT2D eigenvalue weighted by Gasteiger charge is -2.36. The third kappa shape index (κ3) is 4.48. The van der Waals surface area contributed by atoms with Crippen LogP contribution in [0, 0.1) is 6.42 Å². The van der Waals surface area contributed by atoms with Crippen LogP contribution in [0.15, 0.2) is 71.7 Å². The molecule has 0 saturated carbocycles. The van der Waals surface area contributed by atoms with Crippen molar-refractivity contribution in [3.8, 4) is 11.5 Å². The largest absolute Gasteiger partial charge is 0.454 e. The van der Waals surface area contributed by atoms with Crippen LogP contribution < -0.4 is 10.5 Å². The van der Waals surface area contributed by atoms with E-state index in [1.165, 1.54) is 0 Å². The van der Waals surface area contributed by atoms with Crippen LogP contribution in [0.1, 0.15) is 21.6 Å². The number of aromatic amines is 1. The highest BCUT2D eigenvalue weighted by atomic mass is 35.5. The third-order valence-corrected chi connectivity index (χ3v) is 7.16. The van der Waals surface area contributed by atoms with Crippen LogP contribution in [-0.4, -0.2) is 58.6 Å². The van der Waals surface area contributed by atoms with Gasteiger partial charge < -0.3 is 25.3 Å². The lowest BCUT2D eigenvalue weighted by molar-refractivity contribution is -0.128. The first-order valence-electron chi connectivity index (χ1n) is 12.4. The summed E-state index contributed by atoms with van der Waals surface area (Å²) in [6.07, 6.45) is 1.94. The maximum Gasteiger partial charge on any atom is 0.265 e. The van der Waals surface area contributed by atoms with Crippen LogP contribution in [-0.2, 0) is 11.2 Å². The van der Waals surface area contributed by atoms with E-state index in [0.29, 0.717) is 54.8 Å². The van der Waals surface area contributed by atoms with Crippen molar-refractivity contribution < 1.29 is 14.3 Å². The molecule has 2 aliphatic rings. The van der Waals surface area contributed by atoms with E-state index >= 15 is 0 Å². The molecule has 9 heteroatoms. The van der Waals surface area contributed by atoms with Gasteiger partial charge in [-0.1, -0.05) is 41.9 Å². The standard InChI is InChI=1S/C29H25ClN5O3/c30-18-9-11-24-21(17-18)29(33-23-7-3-4-8-25(23)38-24)35-15-13-34(14-16-35)26(36)12-10-20-19-5-1-2-6-22(19)32-27(20)28(31)37/h1-9,11-12,17,32H,10,13-16H2,(H2,31,37). The average Bonchev–Trinajstić information content (AvgIpc) is 3.23. The Balaban J connectivity index is 1.18. The molecule has 3 aromatic carbocycles. The number of nitrogens with two attached hydrogens (primary N) is 1. The minimum absolute atomic E-state index is 0.0784. The van der Waals surface area contributed by atoms with Gasteiger partial charge >= 0.3 is 0 Å². The number of aromatic nitrogens is 1. The zero-order valence-electron chi connectivity index (χ0n) is 20.5. The number of carbonyl (C=O) groups excluding carboxylic acids is 2. The number of ether oxygens (including phenoxy) is 1. The van der Waals surface area contributed by atoms with E-state index in [0.717, 1.165) is 33.6 Å². The Morgan fingerprint density at radius 3 is 2.58 bits per heavy atom. The van der Waals surface area contributed by atoms with Crippen LogP contribution >= 0.6 is 11.6 Å². The molecule has 0 aliphatic carbocycles. The number of carbonyl (C=O) groups is 2. The number of para-hydroxylation sites is 3. The summed E-state index contributed by atoms with van der Waals surface area (Å²) in [7, 11) is 0. The van der Waals surface area contributed by atoms with Crippen molar-refractivity contribution in [3.05, 3.63) is 95.0 Å². The first kappa shape index (κ1) is 24.1. The maximum absolute atomic E-state index is 13.1. The Morgan fingerprint density at radius 1 is 1.00 bits per heavy atom. The van der Waals surface area contributed by atoms with Gasteiger partial charge in [-0.2, -0.15) is 0 Å². The molecule has 0 spiro atoms. The van der Waals surface area contributed by atoms with E-state index in [-0.39, 0.29) is 5.91 Å². The quantitative estimate of drug-likeness (QED) is 0.402. The topological polar surface area (TPSA) is 104 Å². The SMILES string of the molecule is NC(=O)c1[nH]c2ccccc2c1C[CH]C(=O)N1CCN(C2=Nc3ccccc3Oc3ccc(Cl)cc32)CC1. The molecule has 8 nitrogen and oxygen atoms in total. The molecule has 191 valence electrons. The smallest absolute Gasteiger partial charge is 0.265 e. The number of nitrogens with one attached hydrogen (secondary N) is 1. The molecule has 0 atom stereocenters. The number of halogens is 1. The van der Waals surface area contributed by atoms with Crippen molar-refractivity contribution in [2.24, 2.45) is 10.7 Å². The summed E-state index contributed by atoms with van der Waals surface area (Å²) < 4.78 is 6.16. The molecule has 1 aromatic heterocycles. The fourth-order valence-electron chi connectivity index (χ4n) is 5.02. The predicted molar refractivity (Wildman–Crippen MR) is 147 cm³/mol. The van der Waals surface area contributed by atoms with E-state index in [9.17, 15) is 9.59 Å². The van der Waals surface area contributed by atoms with Crippen LogP contribution in [0.4, 0.5) is 5.69 Å². The number of H-pyrrole nitrogens is 1. The molecule has 2 amide bonds. The van der Waals surface area contributed by atoms with E-state index in [1.54, 1.807) is 12.5 Å². The molecule has 3 heterocycles. The first-order valence-corrected chi connectivity index (χ1v) is 12.8. The highest BCUT2D eigenvalue weighted by Crippen LogP contribution is 2.39. The van der Waals surface area contributed by atoms with Gasteiger partial charge in [0.15, 0.2) is 5.75 Å². The van der Waals surface area contributed by atoms with Crippen molar-refractivity contribution >= 4 is 45.8 Å². The molecule has 6 rings (SSSR count). The van der Waals surface area contributed by atoms with Gasteiger partial charge in [0.2, 0.25) is 5.91 Å². The molecule has 1 radical (unpaired) electrons. The van der Waals surface area contributed by atoms with Crippen LogP contribution in [0.3, 0.4) is 0 Å². The molecule has 3 N–H and O–H groups in total. The lowest BCUT2D eigenvalue weighted by atomic mass is 10.0. The number of fused-ring (bicyclic) bond motifs is 3. The van der Waals surface area contributed by atoms with E-state index in [1.807, 2.05) is 65.6 Å². The molecule has 38 heavy (non-hydrogen) atoms. The van der Waals surface area contributed by atoms with Crippen LogP contribution in [0.5, 0.6) is 11.5 Å². The van der Waals surface area contributed by atoms with E-state index < -0.39 is 5.91 Å². The molecule has 1 fully saturated rings. The number of benzene rings is 3. The third-order valence-electron chi connectivity index (χ3n) is 6.93. The summed E-state index contributed by atoms with van der Waals surface area (Å²) in [6, 6.07) is 20.8. The van der Waals surface area contributed by atoms with Crippen molar-refractivity contribution in [2.45, 2.75) is 6.42 Å². The van der Waals surface area contributed by atoms with E-state index in [4.69, 9.17) is 27.1 Å². The van der Waals surface area contributed by atoms with Gasteiger partial charge in [-0.3, -0.25) is 9.59 Å². The number of amidine groups is 1. The average molecular weight is 527 g/mol. The molecule has 2 aliphatic heterocycles. The minimum Gasteiger partial charge on any atom is -0.454 e. The number of primary amides is 1. The second-order valence-corrected chi connectivity index (χ2v) is 9.69. The zero-order chi connectivity index (χ0) is 26.2. The molecule has 0 bridgehead atoms. The zero-order valence-corrected chi connectivity index (χ0v) is 21.2. The fraction of sp³-hybridized carbons (Fsp3) is 0.172. The summed E-state index contributed by atoms with van der Waals surface area (Å²) >= 11 is 6.34. The Morgan fingerprint density at radius 2 is 1.76 bits per heavy atom. The summed E-state index contributed by atoms with van der Waals surface area (Å²) in [5.41, 5.74) is 9.04. The van der Waals surface area contributed by atoms with Gasteiger partial charge in [-0.05, 0) is 48.4 Å². The number of aliphatic imine (C=N–C) groups is 1. The summed E-state index contributed by atoms with van der Waals surface area (Å²) in [5, 5.41) is 1.49. The van der Waals surface area contributed by atoms with E-state index in [2.05, 4.69) is 9.88 Å². The van der Waals surface area contributed by atoms with Gasteiger partial charge in [0.1, 0.15) is 23.0 Å². The second kappa shape index (κ2) is 9.87. The molecule has 4 aromatic rings. The van der Waals surface area contributed by atoms with Crippen molar-refractivity contribution in [3.63, 3.8) is 0 Å². The minimum atomic E-state index is -0.541. The van der Waals surface area contributed by atoms with Gasteiger partial charge in [0.05, 0.1) is 12.0 Å². The Kier molecular flexibility index (Phi) is 6.25. The molecule has 1 saturated heterocycles. The van der Waals surface area contributed by atoms with Gasteiger partial charge in [0.25, 0.3) is 5.91 Å². The Hall–Kier alpha value is -4.30. The van der Waals surface area contributed by atoms with Crippen LogP contribution in [0.2, 0.25) is 5.02 Å².